The number of hydrogen-bond acceptors (Lipinski definition) is 0. The third kappa shape index (κ3) is 5.28. The van der Waals surface area contributed by atoms with Crippen LogP contribution in [0.15, 0.2) is 18.2 Å². The molecule has 1 aromatic rings. The molecule has 2 fully saturated rings. The molecule has 0 aliphatic heterocycles. The van der Waals surface area contributed by atoms with Gasteiger partial charge in [-0.15, -0.1) is 0 Å². The molecule has 0 atom stereocenters. The smallest absolute Gasteiger partial charge is 0.159 e. The van der Waals surface area contributed by atoms with E-state index in [1.807, 2.05) is 0 Å². The Bertz CT molecular complexity index is 576. The summed E-state index contributed by atoms with van der Waals surface area (Å²) in [6.45, 7) is 1.29. The minimum absolute atomic E-state index is 0.419. The number of quaternary nitrogens is 1. The monoisotopic (exact) mass is 364 g/mol. The second-order valence-electron chi connectivity index (χ2n) is 9.87. The van der Waals surface area contributed by atoms with Crippen molar-refractivity contribution in [3.8, 4) is 0 Å². The molecule has 3 rings (SSSR count). The summed E-state index contributed by atoms with van der Waals surface area (Å²) in [7, 11) is 6.87. The lowest BCUT2D eigenvalue weighted by molar-refractivity contribution is -0.871. The van der Waals surface area contributed by atoms with Gasteiger partial charge in [0.05, 0.1) is 27.7 Å². The maximum absolute atomic E-state index is 13.5. The second-order valence-corrected chi connectivity index (χ2v) is 9.87. The number of halogens is 2. The summed E-state index contributed by atoms with van der Waals surface area (Å²) in [5.74, 6) is 1.68. The number of nitrogens with zero attached hydrogens (tertiary/aromatic N) is 1. The van der Waals surface area contributed by atoms with Gasteiger partial charge in [0.1, 0.15) is 0 Å². The Morgan fingerprint density at radius 1 is 0.808 bits per heavy atom. The lowest BCUT2D eigenvalue weighted by Crippen LogP contribution is -2.36. The molecular formula is C23H36F2N+. The molecule has 0 unspecified atom stereocenters. The molecule has 0 bridgehead atoms. The number of benzene rings is 1. The molecule has 0 aromatic heterocycles. The van der Waals surface area contributed by atoms with Crippen LogP contribution in [0.1, 0.15) is 69.3 Å². The highest BCUT2D eigenvalue weighted by molar-refractivity contribution is 5.22. The molecule has 0 spiro atoms. The molecule has 1 aromatic carbocycles. The lowest BCUT2D eigenvalue weighted by Gasteiger charge is -2.38. The molecule has 0 radical (unpaired) electrons. The first-order valence-corrected chi connectivity index (χ1v) is 10.6. The van der Waals surface area contributed by atoms with E-state index in [9.17, 15) is 8.78 Å². The molecule has 2 saturated carbocycles. The van der Waals surface area contributed by atoms with Gasteiger partial charge in [0.15, 0.2) is 11.6 Å². The Hall–Kier alpha value is -0.960. The van der Waals surface area contributed by atoms with Crippen LogP contribution in [-0.4, -0.2) is 32.2 Å². The van der Waals surface area contributed by atoms with Gasteiger partial charge in [-0.25, -0.2) is 8.78 Å². The Morgan fingerprint density at radius 3 is 1.92 bits per heavy atom. The van der Waals surface area contributed by atoms with Crippen LogP contribution in [0.2, 0.25) is 0 Å². The highest BCUT2D eigenvalue weighted by Crippen LogP contribution is 2.44. The van der Waals surface area contributed by atoms with Gasteiger partial charge in [-0.2, -0.15) is 0 Å². The summed E-state index contributed by atoms with van der Waals surface area (Å²) in [5.41, 5.74) is 0.992. The fraction of sp³-hybridized carbons (Fsp3) is 0.739. The van der Waals surface area contributed by atoms with Gasteiger partial charge in [-0.05, 0) is 99.2 Å². The van der Waals surface area contributed by atoms with E-state index in [1.165, 1.54) is 63.6 Å². The summed E-state index contributed by atoms with van der Waals surface area (Å²) in [6, 6.07) is 4.48. The Kier molecular flexibility index (Phi) is 6.37. The summed E-state index contributed by atoms with van der Waals surface area (Å²) >= 11 is 0. The van der Waals surface area contributed by atoms with Crippen LogP contribution < -0.4 is 0 Å². The summed E-state index contributed by atoms with van der Waals surface area (Å²) in [5, 5.41) is 0. The molecule has 0 amide bonds. The van der Waals surface area contributed by atoms with Gasteiger partial charge in [0, 0.05) is 0 Å². The highest BCUT2D eigenvalue weighted by Gasteiger charge is 2.31. The summed E-state index contributed by atoms with van der Waals surface area (Å²) in [4.78, 5) is 0. The standard InChI is InChI=1S/C23H36F2N/c1-26(2,3)15-14-17-4-6-18(7-5-17)19-8-10-20(11-9-19)21-12-13-22(24)23(25)16-21/h12-13,16-20H,4-11,14-15H2,1-3H3/q+1. The molecule has 1 nitrogen and oxygen atoms in total. The van der Waals surface area contributed by atoms with Crippen LogP contribution in [-0.2, 0) is 0 Å². The topological polar surface area (TPSA) is 0 Å². The fourth-order valence-electron chi connectivity index (χ4n) is 5.21. The van der Waals surface area contributed by atoms with E-state index in [2.05, 4.69) is 21.1 Å². The normalized spacial score (nSPS) is 30.3. The van der Waals surface area contributed by atoms with E-state index in [0.29, 0.717) is 5.92 Å². The quantitative estimate of drug-likeness (QED) is 0.550. The minimum Gasteiger partial charge on any atom is -0.331 e. The van der Waals surface area contributed by atoms with Gasteiger partial charge in [-0.1, -0.05) is 6.07 Å². The van der Waals surface area contributed by atoms with Crippen molar-refractivity contribution in [3.05, 3.63) is 35.4 Å². The van der Waals surface area contributed by atoms with Crippen molar-refractivity contribution in [2.24, 2.45) is 17.8 Å². The Labute approximate surface area is 158 Å². The van der Waals surface area contributed by atoms with Crippen molar-refractivity contribution in [3.63, 3.8) is 0 Å². The van der Waals surface area contributed by atoms with Crippen LogP contribution >= 0.6 is 0 Å². The molecule has 0 heterocycles. The number of rotatable bonds is 5. The molecule has 146 valence electrons. The van der Waals surface area contributed by atoms with Crippen molar-refractivity contribution < 1.29 is 13.3 Å². The molecule has 2 aliphatic carbocycles. The maximum Gasteiger partial charge on any atom is 0.159 e. The Morgan fingerprint density at radius 2 is 1.38 bits per heavy atom. The van der Waals surface area contributed by atoms with Crippen LogP contribution in [0, 0.1) is 29.4 Å². The molecule has 0 N–H and O–H groups in total. The van der Waals surface area contributed by atoms with Crippen molar-refractivity contribution >= 4 is 0 Å². The fourth-order valence-corrected chi connectivity index (χ4v) is 5.21. The minimum atomic E-state index is -0.732. The zero-order valence-corrected chi connectivity index (χ0v) is 16.8. The van der Waals surface area contributed by atoms with Gasteiger partial charge >= 0.3 is 0 Å². The predicted octanol–water partition coefficient (Wildman–Crippen LogP) is 6.14. The predicted molar refractivity (Wildman–Crippen MR) is 104 cm³/mol. The van der Waals surface area contributed by atoms with E-state index in [-0.39, 0.29) is 0 Å². The van der Waals surface area contributed by atoms with Crippen LogP contribution in [0.3, 0.4) is 0 Å². The maximum atomic E-state index is 13.5. The molecule has 2 aliphatic rings. The first-order valence-electron chi connectivity index (χ1n) is 10.6. The number of hydrogen-bond donors (Lipinski definition) is 0. The molecule has 3 heteroatoms. The van der Waals surface area contributed by atoms with E-state index in [1.54, 1.807) is 6.07 Å². The first kappa shape index (κ1) is 19.8. The van der Waals surface area contributed by atoms with Crippen molar-refractivity contribution in [2.75, 3.05) is 27.7 Å². The van der Waals surface area contributed by atoms with Crippen molar-refractivity contribution in [1.29, 1.82) is 0 Å². The van der Waals surface area contributed by atoms with E-state index in [4.69, 9.17) is 0 Å². The van der Waals surface area contributed by atoms with E-state index < -0.39 is 11.6 Å². The third-order valence-electron chi connectivity index (χ3n) is 6.95. The lowest BCUT2D eigenvalue weighted by atomic mass is 9.68. The van der Waals surface area contributed by atoms with Gasteiger partial charge in [0.25, 0.3) is 0 Å². The van der Waals surface area contributed by atoms with E-state index >= 15 is 0 Å². The van der Waals surface area contributed by atoms with Crippen LogP contribution in [0.25, 0.3) is 0 Å². The van der Waals surface area contributed by atoms with Crippen molar-refractivity contribution in [2.45, 2.75) is 63.7 Å². The average Bonchev–Trinajstić information content (AvgIpc) is 2.62. The van der Waals surface area contributed by atoms with Crippen LogP contribution in [0.4, 0.5) is 8.78 Å². The third-order valence-corrected chi connectivity index (χ3v) is 6.95. The SMILES string of the molecule is C[N+](C)(C)CCC1CCC(C2CCC(c3ccc(F)c(F)c3)CC2)CC1. The van der Waals surface area contributed by atoms with Gasteiger partial charge in [0.2, 0.25) is 0 Å². The first-order chi connectivity index (χ1) is 12.3. The summed E-state index contributed by atoms with van der Waals surface area (Å²) < 4.78 is 27.7. The highest BCUT2D eigenvalue weighted by atomic mass is 19.2. The van der Waals surface area contributed by atoms with Gasteiger partial charge < -0.3 is 4.48 Å². The molecule has 0 saturated heterocycles. The molecular weight excluding hydrogens is 328 g/mol. The van der Waals surface area contributed by atoms with E-state index in [0.717, 1.165) is 40.6 Å². The average molecular weight is 365 g/mol. The van der Waals surface area contributed by atoms with Crippen LogP contribution in [0.5, 0.6) is 0 Å². The second kappa shape index (κ2) is 8.37. The zero-order valence-electron chi connectivity index (χ0n) is 16.8. The largest absolute Gasteiger partial charge is 0.331 e. The van der Waals surface area contributed by atoms with Crippen molar-refractivity contribution in [1.82, 2.24) is 0 Å². The van der Waals surface area contributed by atoms with Gasteiger partial charge in [-0.3, -0.25) is 0 Å². The Balaban J connectivity index is 1.43. The zero-order chi connectivity index (χ0) is 18.7. The molecule has 26 heavy (non-hydrogen) atoms. The summed E-state index contributed by atoms with van der Waals surface area (Å²) in [6.07, 6.45) is 11.8.